The van der Waals surface area contributed by atoms with Crippen molar-refractivity contribution in [1.82, 2.24) is 4.90 Å². The van der Waals surface area contributed by atoms with Crippen LogP contribution in [-0.4, -0.2) is 34.8 Å². The van der Waals surface area contributed by atoms with Crippen molar-refractivity contribution < 1.29 is 19.4 Å². The van der Waals surface area contributed by atoms with Crippen LogP contribution in [0.1, 0.15) is 52.9 Å². The topological polar surface area (TPSA) is 66.8 Å². The highest BCUT2D eigenvalue weighted by Gasteiger charge is 2.26. The minimum absolute atomic E-state index is 0.0625. The normalized spacial score (nSPS) is 16.0. The number of aliphatic hydroxyl groups excluding tert-OH is 1. The molecular weight excluding hydrogens is 342 g/mol. The Balaban J connectivity index is 1.59. The molecule has 0 aliphatic carbocycles. The molecule has 2 aromatic carbocycles. The maximum Gasteiger partial charge on any atom is 0.223 e. The molecule has 1 amide bonds. The standard InChI is InChI=1S/C22H25NO4/c1-3-27-21-10-8-16(12-15(21)2)19(24)9-11-22(26)23-13-17-6-4-5-7-18(17)20(25)14-23/h4-8,10,12,20,25H,3,9,11,13-14H2,1-2H3/t20-/m1/s1. The van der Waals surface area contributed by atoms with Crippen molar-refractivity contribution in [3.63, 3.8) is 0 Å². The number of hydrogen-bond acceptors (Lipinski definition) is 4. The minimum Gasteiger partial charge on any atom is -0.494 e. The number of ether oxygens (including phenoxy) is 1. The van der Waals surface area contributed by atoms with E-state index in [0.29, 0.717) is 18.7 Å². The lowest BCUT2D eigenvalue weighted by Crippen LogP contribution is -2.38. The van der Waals surface area contributed by atoms with Crippen LogP contribution in [0.5, 0.6) is 5.75 Å². The van der Waals surface area contributed by atoms with Crippen LogP contribution < -0.4 is 4.74 Å². The second-order valence-corrected chi connectivity index (χ2v) is 6.83. The van der Waals surface area contributed by atoms with Crippen molar-refractivity contribution in [2.75, 3.05) is 13.2 Å². The summed E-state index contributed by atoms with van der Waals surface area (Å²) in [5.41, 5.74) is 3.33. The lowest BCUT2D eigenvalue weighted by molar-refractivity contribution is -0.134. The number of aliphatic hydroxyl groups is 1. The van der Waals surface area contributed by atoms with Crippen LogP contribution in [0.25, 0.3) is 0 Å². The number of fused-ring (bicyclic) bond motifs is 1. The number of aryl methyl sites for hydroxylation is 1. The van der Waals surface area contributed by atoms with Crippen molar-refractivity contribution in [2.45, 2.75) is 39.3 Å². The van der Waals surface area contributed by atoms with Crippen molar-refractivity contribution >= 4 is 11.7 Å². The van der Waals surface area contributed by atoms with E-state index < -0.39 is 6.10 Å². The fourth-order valence-electron chi connectivity index (χ4n) is 3.43. The number of hydrogen-bond donors (Lipinski definition) is 1. The van der Waals surface area contributed by atoms with E-state index in [1.54, 1.807) is 23.1 Å². The molecule has 1 atom stereocenters. The minimum atomic E-state index is -0.677. The third kappa shape index (κ3) is 4.37. The number of Topliss-reactive ketones (excluding diaryl/α,β-unsaturated/α-hetero) is 1. The molecule has 2 aromatic rings. The number of rotatable bonds is 6. The lowest BCUT2D eigenvalue weighted by atomic mass is 9.97. The number of benzene rings is 2. The first-order valence-corrected chi connectivity index (χ1v) is 9.30. The van der Waals surface area contributed by atoms with Crippen molar-refractivity contribution in [2.24, 2.45) is 0 Å². The van der Waals surface area contributed by atoms with E-state index in [1.807, 2.05) is 38.1 Å². The summed E-state index contributed by atoms with van der Waals surface area (Å²) in [6.07, 6.45) is -0.385. The number of amides is 1. The molecular formula is C22H25NO4. The summed E-state index contributed by atoms with van der Waals surface area (Å²) >= 11 is 0. The Morgan fingerprint density at radius 3 is 2.70 bits per heavy atom. The molecule has 1 heterocycles. The van der Waals surface area contributed by atoms with Gasteiger partial charge in [0.15, 0.2) is 5.78 Å². The summed E-state index contributed by atoms with van der Waals surface area (Å²) < 4.78 is 5.49. The fraction of sp³-hybridized carbons (Fsp3) is 0.364. The van der Waals surface area contributed by atoms with Gasteiger partial charge in [0, 0.05) is 24.9 Å². The molecule has 0 spiro atoms. The van der Waals surface area contributed by atoms with E-state index in [0.717, 1.165) is 22.4 Å². The van der Waals surface area contributed by atoms with E-state index in [1.165, 1.54) is 0 Å². The third-order valence-corrected chi connectivity index (χ3v) is 4.88. The predicted octanol–water partition coefficient (Wildman–Crippen LogP) is 3.43. The average molecular weight is 367 g/mol. The molecule has 0 saturated carbocycles. The zero-order chi connectivity index (χ0) is 19.4. The number of β-amino-alcohol motifs (C(OH)–C–C–N with tert-alkyl or cyclic N) is 1. The molecule has 0 bridgehead atoms. The third-order valence-electron chi connectivity index (χ3n) is 4.88. The van der Waals surface area contributed by atoms with Crippen LogP contribution in [0, 0.1) is 6.92 Å². The SMILES string of the molecule is CCOc1ccc(C(=O)CCC(=O)N2Cc3ccccc3[C@H](O)C2)cc1C. The largest absolute Gasteiger partial charge is 0.494 e. The Morgan fingerprint density at radius 2 is 1.96 bits per heavy atom. The Morgan fingerprint density at radius 1 is 1.19 bits per heavy atom. The van der Waals surface area contributed by atoms with Crippen LogP contribution >= 0.6 is 0 Å². The predicted molar refractivity (Wildman–Crippen MR) is 103 cm³/mol. The van der Waals surface area contributed by atoms with E-state index in [4.69, 9.17) is 4.74 Å². The van der Waals surface area contributed by atoms with E-state index in [9.17, 15) is 14.7 Å². The zero-order valence-corrected chi connectivity index (χ0v) is 15.8. The lowest BCUT2D eigenvalue weighted by Gasteiger charge is -2.32. The van der Waals surface area contributed by atoms with Gasteiger partial charge in [0.05, 0.1) is 19.3 Å². The van der Waals surface area contributed by atoms with Gasteiger partial charge in [-0.15, -0.1) is 0 Å². The van der Waals surface area contributed by atoms with Gasteiger partial charge < -0.3 is 14.7 Å². The molecule has 1 aliphatic heterocycles. The summed E-state index contributed by atoms with van der Waals surface area (Å²) in [6, 6.07) is 12.9. The van der Waals surface area contributed by atoms with Crippen LogP contribution in [0.3, 0.4) is 0 Å². The number of ketones is 1. The molecule has 5 nitrogen and oxygen atoms in total. The Bertz CT molecular complexity index is 846. The monoisotopic (exact) mass is 367 g/mol. The van der Waals surface area contributed by atoms with Gasteiger partial charge in [-0.2, -0.15) is 0 Å². The molecule has 0 fully saturated rings. The smallest absolute Gasteiger partial charge is 0.223 e. The van der Waals surface area contributed by atoms with Crippen LogP contribution in [0.15, 0.2) is 42.5 Å². The first-order chi connectivity index (χ1) is 13.0. The van der Waals surface area contributed by atoms with Gasteiger partial charge >= 0.3 is 0 Å². The van der Waals surface area contributed by atoms with Gasteiger partial charge in [0.2, 0.25) is 5.91 Å². The number of nitrogens with zero attached hydrogens (tertiary/aromatic N) is 1. The number of carbonyl (C=O) groups excluding carboxylic acids is 2. The summed E-state index contributed by atoms with van der Waals surface area (Å²) in [6.45, 7) is 5.14. The van der Waals surface area contributed by atoms with Crippen molar-refractivity contribution in [1.29, 1.82) is 0 Å². The second kappa shape index (κ2) is 8.35. The molecule has 27 heavy (non-hydrogen) atoms. The molecule has 0 aromatic heterocycles. The Kier molecular flexibility index (Phi) is 5.91. The molecule has 0 saturated heterocycles. The highest BCUT2D eigenvalue weighted by Crippen LogP contribution is 2.27. The van der Waals surface area contributed by atoms with Crippen molar-refractivity contribution in [3.8, 4) is 5.75 Å². The molecule has 0 radical (unpaired) electrons. The maximum atomic E-state index is 12.5. The Hall–Kier alpha value is -2.66. The molecule has 5 heteroatoms. The molecule has 0 unspecified atom stereocenters. The molecule has 1 N–H and O–H groups in total. The average Bonchev–Trinajstić information content (AvgIpc) is 2.67. The van der Waals surface area contributed by atoms with Crippen molar-refractivity contribution in [3.05, 3.63) is 64.7 Å². The van der Waals surface area contributed by atoms with Gasteiger partial charge in [-0.1, -0.05) is 24.3 Å². The first kappa shape index (κ1) is 19.1. The second-order valence-electron chi connectivity index (χ2n) is 6.83. The van der Waals surface area contributed by atoms with Gasteiger partial charge in [-0.25, -0.2) is 0 Å². The highest BCUT2D eigenvalue weighted by atomic mass is 16.5. The van der Waals surface area contributed by atoms with E-state index in [-0.39, 0.29) is 31.1 Å². The van der Waals surface area contributed by atoms with Crippen LogP contribution in [-0.2, 0) is 11.3 Å². The fourth-order valence-corrected chi connectivity index (χ4v) is 3.43. The summed E-state index contributed by atoms with van der Waals surface area (Å²) in [7, 11) is 0. The Labute approximate surface area is 159 Å². The van der Waals surface area contributed by atoms with E-state index in [2.05, 4.69) is 0 Å². The van der Waals surface area contributed by atoms with Gasteiger partial charge in [-0.3, -0.25) is 9.59 Å². The van der Waals surface area contributed by atoms with Crippen LogP contribution in [0.2, 0.25) is 0 Å². The van der Waals surface area contributed by atoms with Gasteiger partial charge in [0.1, 0.15) is 5.75 Å². The summed E-state index contributed by atoms with van der Waals surface area (Å²) in [5, 5.41) is 10.3. The van der Waals surface area contributed by atoms with Gasteiger partial charge in [0.25, 0.3) is 0 Å². The highest BCUT2D eigenvalue weighted by molar-refractivity contribution is 5.98. The van der Waals surface area contributed by atoms with Crippen LogP contribution in [0.4, 0.5) is 0 Å². The molecule has 1 aliphatic rings. The van der Waals surface area contributed by atoms with E-state index >= 15 is 0 Å². The summed E-state index contributed by atoms with van der Waals surface area (Å²) in [4.78, 5) is 26.6. The zero-order valence-electron chi connectivity index (χ0n) is 15.8. The number of carbonyl (C=O) groups is 2. The molecule has 142 valence electrons. The summed E-state index contributed by atoms with van der Waals surface area (Å²) in [5.74, 6) is 0.595. The quantitative estimate of drug-likeness (QED) is 0.795. The first-order valence-electron chi connectivity index (χ1n) is 9.30. The van der Waals surface area contributed by atoms with Gasteiger partial charge in [-0.05, 0) is 48.7 Å². The maximum absolute atomic E-state index is 12.5. The molecule has 3 rings (SSSR count).